The van der Waals surface area contributed by atoms with E-state index < -0.39 is 26.1 Å². The molecule has 1 aromatic carbocycles. The lowest BCUT2D eigenvalue weighted by Gasteiger charge is -2.18. The van der Waals surface area contributed by atoms with E-state index in [1.54, 1.807) is 36.4 Å². The van der Waals surface area contributed by atoms with Gasteiger partial charge < -0.3 is 4.42 Å². The number of benzene rings is 1. The fraction of sp³-hybridized carbons (Fsp3) is 0.267. The van der Waals surface area contributed by atoms with E-state index in [-0.39, 0.29) is 0 Å². The van der Waals surface area contributed by atoms with Gasteiger partial charge in [0.25, 0.3) is 0 Å². The summed E-state index contributed by atoms with van der Waals surface area (Å²) in [4.78, 5) is 0. The van der Waals surface area contributed by atoms with Crippen LogP contribution >= 0.6 is 0 Å². The van der Waals surface area contributed by atoms with E-state index in [0.29, 0.717) is 29.1 Å². The second kappa shape index (κ2) is 6.19. The molecule has 1 N–H and O–H groups in total. The molecule has 0 fully saturated rings. The SMILES string of the molecule is CS(=O)(=O)Nc1ccc(C2=NN(S(C)(=O)=O)[C@H](c3ccco3)C2)cc1. The maximum absolute atomic E-state index is 12.0. The van der Waals surface area contributed by atoms with Crippen LogP contribution in [0.2, 0.25) is 0 Å². The third-order valence-corrected chi connectivity index (χ3v) is 5.23. The summed E-state index contributed by atoms with van der Waals surface area (Å²) in [6.45, 7) is 0. The van der Waals surface area contributed by atoms with Crippen LogP contribution in [-0.2, 0) is 20.0 Å². The lowest BCUT2D eigenvalue weighted by Crippen LogP contribution is -2.25. The molecule has 0 saturated heterocycles. The summed E-state index contributed by atoms with van der Waals surface area (Å²) >= 11 is 0. The predicted molar refractivity (Wildman–Crippen MR) is 94.2 cm³/mol. The van der Waals surface area contributed by atoms with Gasteiger partial charge in [0.15, 0.2) is 0 Å². The normalized spacial score (nSPS) is 18.2. The molecular formula is C15H17N3O5S2. The molecule has 1 aliphatic heterocycles. The molecule has 0 bridgehead atoms. The number of rotatable bonds is 5. The van der Waals surface area contributed by atoms with Crippen molar-refractivity contribution in [1.82, 2.24) is 4.41 Å². The van der Waals surface area contributed by atoms with E-state index in [0.717, 1.165) is 16.9 Å². The third-order valence-electron chi connectivity index (χ3n) is 3.61. The molecule has 1 aliphatic rings. The van der Waals surface area contributed by atoms with Crippen LogP contribution < -0.4 is 4.72 Å². The van der Waals surface area contributed by atoms with Crippen LogP contribution in [-0.4, -0.2) is 39.5 Å². The number of hydrogen-bond donors (Lipinski definition) is 1. The average molecular weight is 383 g/mol. The highest BCUT2D eigenvalue weighted by molar-refractivity contribution is 7.92. The van der Waals surface area contributed by atoms with E-state index in [1.165, 1.54) is 6.26 Å². The zero-order chi connectivity index (χ0) is 18.2. The first-order chi connectivity index (χ1) is 11.6. The number of nitrogens with zero attached hydrogens (tertiary/aromatic N) is 2. The second-order valence-electron chi connectivity index (χ2n) is 5.77. The van der Waals surface area contributed by atoms with Crippen molar-refractivity contribution in [2.45, 2.75) is 12.5 Å². The smallest absolute Gasteiger partial charge is 0.247 e. The fourth-order valence-electron chi connectivity index (χ4n) is 2.61. The van der Waals surface area contributed by atoms with Gasteiger partial charge in [0.05, 0.1) is 24.5 Å². The molecule has 25 heavy (non-hydrogen) atoms. The molecule has 10 heteroatoms. The summed E-state index contributed by atoms with van der Waals surface area (Å²) in [5.41, 5.74) is 1.71. The molecule has 0 radical (unpaired) electrons. The van der Waals surface area contributed by atoms with E-state index in [4.69, 9.17) is 4.42 Å². The second-order valence-corrected chi connectivity index (χ2v) is 9.36. The predicted octanol–water partition coefficient (Wildman–Crippen LogP) is 1.76. The van der Waals surface area contributed by atoms with Crippen molar-refractivity contribution in [2.24, 2.45) is 5.10 Å². The Balaban J connectivity index is 1.90. The summed E-state index contributed by atoms with van der Waals surface area (Å²) in [6.07, 6.45) is 4.01. The fourth-order valence-corrected chi connectivity index (χ4v) is 4.06. The highest BCUT2D eigenvalue weighted by atomic mass is 32.2. The van der Waals surface area contributed by atoms with Crippen LogP contribution in [0.3, 0.4) is 0 Å². The summed E-state index contributed by atoms with van der Waals surface area (Å²) in [5, 5.41) is 4.23. The third kappa shape index (κ3) is 4.02. The molecule has 8 nitrogen and oxygen atoms in total. The van der Waals surface area contributed by atoms with Crippen molar-refractivity contribution in [3.05, 3.63) is 54.0 Å². The molecule has 0 amide bonds. The summed E-state index contributed by atoms with van der Waals surface area (Å²) in [6, 6.07) is 9.45. The molecular weight excluding hydrogens is 366 g/mol. The van der Waals surface area contributed by atoms with Gasteiger partial charge in [0.1, 0.15) is 11.8 Å². The largest absolute Gasteiger partial charge is 0.467 e. The van der Waals surface area contributed by atoms with Crippen molar-refractivity contribution < 1.29 is 21.3 Å². The molecule has 0 saturated carbocycles. The lowest BCUT2D eigenvalue weighted by atomic mass is 10.0. The molecule has 2 heterocycles. The Bertz CT molecular complexity index is 994. The van der Waals surface area contributed by atoms with Crippen LogP contribution in [0.4, 0.5) is 5.69 Å². The van der Waals surface area contributed by atoms with Gasteiger partial charge in [-0.1, -0.05) is 12.1 Å². The summed E-state index contributed by atoms with van der Waals surface area (Å²) in [5.74, 6) is 0.513. The first kappa shape index (κ1) is 17.5. The highest BCUT2D eigenvalue weighted by Crippen LogP contribution is 2.34. The molecule has 2 aromatic rings. The number of nitrogens with one attached hydrogen (secondary N) is 1. The molecule has 1 atom stereocenters. The molecule has 134 valence electrons. The zero-order valence-corrected chi connectivity index (χ0v) is 15.2. The summed E-state index contributed by atoms with van der Waals surface area (Å²) in [7, 11) is -6.91. The van der Waals surface area contributed by atoms with Crippen LogP contribution in [0, 0.1) is 0 Å². The highest BCUT2D eigenvalue weighted by Gasteiger charge is 2.36. The van der Waals surface area contributed by atoms with Gasteiger partial charge in [0.2, 0.25) is 20.0 Å². The monoisotopic (exact) mass is 383 g/mol. The summed E-state index contributed by atoms with van der Waals surface area (Å²) < 4.78 is 55.3. The number of anilines is 1. The minimum atomic E-state index is -3.56. The molecule has 0 spiro atoms. The van der Waals surface area contributed by atoms with Crippen molar-refractivity contribution in [3.8, 4) is 0 Å². The van der Waals surface area contributed by atoms with E-state index >= 15 is 0 Å². The standard InChI is InChI=1S/C15H17N3O5S2/c1-24(19,20)17-12-7-5-11(6-8-12)13-10-14(15-4-3-9-23-15)18(16-13)25(2,21)22/h3-9,14,17H,10H2,1-2H3/t14-/m0/s1. The van der Waals surface area contributed by atoms with Crippen molar-refractivity contribution in [3.63, 3.8) is 0 Å². The molecule has 0 unspecified atom stereocenters. The van der Waals surface area contributed by atoms with Crippen LogP contribution in [0.25, 0.3) is 0 Å². The van der Waals surface area contributed by atoms with E-state index in [1.807, 2.05) is 0 Å². The minimum absolute atomic E-state index is 0.361. The number of sulfonamides is 2. The van der Waals surface area contributed by atoms with Gasteiger partial charge >= 0.3 is 0 Å². The maximum atomic E-state index is 12.0. The van der Waals surface area contributed by atoms with Gasteiger partial charge in [0, 0.05) is 12.1 Å². The van der Waals surface area contributed by atoms with Crippen LogP contribution in [0.5, 0.6) is 0 Å². The zero-order valence-electron chi connectivity index (χ0n) is 13.6. The van der Waals surface area contributed by atoms with Crippen molar-refractivity contribution in [1.29, 1.82) is 0 Å². The Morgan fingerprint density at radius 3 is 2.32 bits per heavy atom. The number of hydrazone groups is 1. The van der Waals surface area contributed by atoms with Crippen molar-refractivity contribution >= 4 is 31.4 Å². The van der Waals surface area contributed by atoms with Crippen molar-refractivity contribution in [2.75, 3.05) is 17.2 Å². The average Bonchev–Trinajstić information content (AvgIpc) is 3.15. The van der Waals surface area contributed by atoms with Gasteiger partial charge in [-0.15, -0.1) is 0 Å². The first-order valence-electron chi connectivity index (χ1n) is 7.32. The van der Waals surface area contributed by atoms with Crippen LogP contribution in [0.1, 0.15) is 23.8 Å². The van der Waals surface area contributed by atoms with E-state index in [2.05, 4.69) is 9.82 Å². The van der Waals surface area contributed by atoms with Gasteiger partial charge in [-0.25, -0.2) is 16.8 Å². The Labute approximate surface area is 146 Å². The Morgan fingerprint density at radius 1 is 1.12 bits per heavy atom. The Morgan fingerprint density at radius 2 is 1.80 bits per heavy atom. The number of hydrogen-bond acceptors (Lipinski definition) is 6. The molecule has 3 rings (SSSR count). The first-order valence-corrected chi connectivity index (χ1v) is 11.1. The van der Waals surface area contributed by atoms with E-state index in [9.17, 15) is 16.8 Å². The molecule has 1 aromatic heterocycles. The molecule has 0 aliphatic carbocycles. The lowest BCUT2D eigenvalue weighted by molar-refractivity contribution is 0.322. The quantitative estimate of drug-likeness (QED) is 0.846. The van der Waals surface area contributed by atoms with Gasteiger partial charge in [-0.05, 0) is 29.8 Å². The maximum Gasteiger partial charge on any atom is 0.247 e. The number of furan rings is 1. The van der Waals surface area contributed by atoms with Crippen LogP contribution in [0.15, 0.2) is 52.2 Å². The minimum Gasteiger partial charge on any atom is -0.467 e. The topological polar surface area (TPSA) is 109 Å². The Kier molecular flexibility index (Phi) is 4.33. The van der Waals surface area contributed by atoms with Gasteiger partial charge in [-0.3, -0.25) is 4.72 Å². The Hall–Kier alpha value is -2.33. The van der Waals surface area contributed by atoms with Gasteiger partial charge in [-0.2, -0.15) is 9.52 Å².